The zero-order chi connectivity index (χ0) is 12.9. The van der Waals surface area contributed by atoms with Crippen molar-refractivity contribution < 1.29 is 4.39 Å². The predicted octanol–water partition coefficient (Wildman–Crippen LogP) is 3.35. The molecule has 1 aromatic heterocycles. The summed E-state index contributed by atoms with van der Waals surface area (Å²) in [5.74, 6) is -0.158. The van der Waals surface area contributed by atoms with Crippen molar-refractivity contribution in [2.75, 3.05) is 0 Å². The molecule has 0 radical (unpaired) electrons. The van der Waals surface area contributed by atoms with Gasteiger partial charge in [-0.25, -0.2) is 4.39 Å². The number of rotatable bonds is 1. The minimum Gasteiger partial charge on any atom is -0.348 e. The Labute approximate surface area is 107 Å². The van der Waals surface area contributed by atoms with Gasteiger partial charge in [-0.15, -0.1) is 0 Å². The first kappa shape index (κ1) is 11.7. The number of aryl methyl sites for hydroxylation is 2. The van der Waals surface area contributed by atoms with Gasteiger partial charge in [0, 0.05) is 24.2 Å². The Hall–Kier alpha value is -1.35. The second-order valence-electron chi connectivity index (χ2n) is 5.64. The molecule has 0 saturated heterocycles. The van der Waals surface area contributed by atoms with E-state index in [2.05, 4.69) is 6.07 Å². The maximum Gasteiger partial charge on any atom is 0.147 e. The van der Waals surface area contributed by atoms with Crippen LogP contribution in [-0.2, 0) is 12.6 Å². The van der Waals surface area contributed by atoms with Crippen LogP contribution in [0.3, 0.4) is 0 Å². The fraction of sp³-hybridized carbons (Fsp3) is 0.467. The first-order valence-corrected chi connectivity index (χ1v) is 6.56. The summed E-state index contributed by atoms with van der Waals surface area (Å²) in [5, 5.41) is 0.990. The van der Waals surface area contributed by atoms with Crippen LogP contribution in [0.5, 0.6) is 0 Å². The molecular weight excluding hydrogens is 227 g/mol. The van der Waals surface area contributed by atoms with Crippen LogP contribution >= 0.6 is 0 Å². The predicted molar refractivity (Wildman–Crippen MR) is 71.9 cm³/mol. The van der Waals surface area contributed by atoms with Crippen molar-refractivity contribution in [1.29, 1.82) is 0 Å². The van der Waals surface area contributed by atoms with E-state index in [0.29, 0.717) is 5.52 Å². The number of nitrogens with two attached hydrogens (primary N) is 1. The third-order valence-electron chi connectivity index (χ3n) is 4.30. The highest BCUT2D eigenvalue weighted by Crippen LogP contribution is 2.38. The van der Waals surface area contributed by atoms with Gasteiger partial charge in [0.05, 0.1) is 5.52 Å². The Morgan fingerprint density at radius 1 is 1.28 bits per heavy atom. The average molecular weight is 246 g/mol. The fourth-order valence-corrected chi connectivity index (χ4v) is 3.26. The topological polar surface area (TPSA) is 30.9 Å². The molecule has 0 amide bonds. The number of halogens is 1. The third kappa shape index (κ3) is 1.57. The maximum absolute atomic E-state index is 14.3. The molecule has 0 aliphatic heterocycles. The number of aromatic nitrogens is 1. The number of nitrogens with zero attached hydrogens (tertiary/aromatic N) is 1. The molecule has 1 fully saturated rings. The lowest BCUT2D eigenvalue weighted by atomic mass is 9.88. The molecular formula is C15H19FN2. The number of hydrogen-bond acceptors (Lipinski definition) is 1. The standard InChI is InChI=1S/C15H19FN2/c1-10-9-18(2)14-12(10)7-11(8-13(14)16)15(17)5-3-4-6-15/h7-9H,3-6,17H2,1-2H3. The average Bonchev–Trinajstić information content (AvgIpc) is 2.86. The number of hydrogen-bond donors (Lipinski definition) is 1. The van der Waals surface area contributed by atoms with E-state index < -0.39 is 0 Å². The van der Waals surface area contributed by atoms with Crippen molar-refractivity contribution in [1.82, 2.24) is 4.57 Å². The van der Waals surface area contributed by atoms with Gasteiger partial charge in [0.25, 0.3) is 0 Å². The Morgan fingerprint density at radius 3 is 2.61 bits per heavy atom. The van der Waals surface area contributed by atoms with Gasteiger partial charge >= 0.3 is 0 Å². The molecule has 0 unspecified atom stereocenters. The highest BCUT2D eigenvalue weighted by molar-refractivity contribution is 5.85. The molecule has 1 aromatic carbocycles. The summed E-state index contributed by atoms with van der Waals surface area (Å²) in [5.41, 5.74) is 8.84. The zero-order valence-corrected chi connectivity index (χ0v) is 11.0. The molecule has 0 spiro atoms. The van der Waals surface area contributed by atoms with Gasteiger partial charge in [0.2, 0.25) is 0 Å². The second-order valence-corrected chi connectivity index (χ2v) is 5.64. The summed E-state index contributed by atoms with van der Waals surface area (Å²) < 4.78 is 16.1. The molecule has 1 heterocycles. The van der Waals surface area contributed by atoms with Crippen molar-refractivity contribution in [2.45, 2.75) is 38.1 Å². The first-order valence-electron chi connectivity index (χ1n) is 6.56. The van der Waals surface area contributed by atoms with Crippen LogP contribution in [-0.4, -0.2) is 4.57 Å². The summed E-state index contributed by atoms with van der Waals surface area (Å²) in [6, 6.07) is 3.71. The summed E-state index contributed by atoms with van der Waals surface area (Å²) in [7, 11) is 1.88. The smallest absolute Gasteiger partial charge is 0.147 e. The quantitative estimate of drug-likeness (QED) is 0.822. The highest BCUT2D eigenvalue weighted by atomic mass is 19.1. The fourth-order valence-electron chi connectivity index (χ4n) is 3.26. The molecule has 0 bridgehead atoms. The molecule has 2 aromatic rings. The minimum atomic E-state index is -0.322. The summed E-state index contributed by atoms with van der Waals surface area (Å²) >= 11 is 0. The second kappa shape index (κ2) is 3.82. The van der Waals surface area contributed by atoms with Crippen molar-refractivity contribution in [2.24, 2.45) is 12.8 Å². The van der Waals surface area contributed by atoms with Crippen LogP contribution < -0.4 is 5.73 Å². The van der Waals surface area contributed by atoms with Gasteiger partial charge in [-0.05, 0) is 43.0 Å². The molecule has 1 aliphatic carbocycles. The van der Waals surface area contributed by atoms with E-state index in [1.165, 1.54) is 0 Å². The molecule has 2 nitrogen and oxygen atoms in total. The van der Waals surface area contributed by atoms with E-state index in [0.717, 1.165) is 42.2 Å². The van der Waals surface area contributed by atoms with Crippen molar-refractivity contribution in [3.05, 3.63) is 35.3 Å². The van der Waals surface area contributed by atoms with Crippen LogP contribution in [0.15, 0.2) is 18.3 Å². The van der Waals surface area contributed by atoms with Crippen molar-refractivity contribution in [3.63, 3.8) is 0 Å². The van der Waals surface area contributed by atoms with Crippen LogP contribution in [0.25, 0.3) is 10.9 Å². The van der Waals surface area contributed by atoms with E-state index in [-0.39, 0.29) is 11.4 Å². The largest absolute Gasteiger partial charge is 0.348 e. The lowest BCUT2D eigenvalue weighted by Crippen LogP contribution is -2.33. The maximum atomic E-state index is 14.3. The summed E-state index contributed by atoms with van der Waals surface area (Å²) in [6.07, 6.45) is 6.18. The monoisotopic (exact) mass is 246 g/mol. The van der Waals surface area contributed by atoms with Crippen LogP contribution in [0.1, 0.15) is 36.8 Å². The van der Waals surface area contributed by atoms with Crippen molar-refractivity contribution in [3.8, 4) is 0 Å². The van der Waals surface area contributed by atoms with E-state index in [1.807, 2.05) is 24.7 Å². The highest BCUT2D eigenvalue weighted by Gasteiger charge is 2.32. The Balaban J connectivity index is 2.24. The SMILES string of the molecule is Cc1cn(C)c2c(F)cc(C3(N)CCCC3)cc12. The minimum absolute atomic E-state index is 0.158. The van der Waals surface area contributed by atoms with E-state index >= 15 is 0 Å². The Kier molecular flexibility index (Phi) is 2.49. The van der Waals surface area contributed by atoms with Gasteiger partial charge in [0.1, 0.15) is 5.82 Å². The van der Waals surface area contributed by atoms with Gasteiger partial charge < -0.3 is 10.3 Å². The summed E-state index contributed by atoms with van der Waals surface area (Å²) in [4.78, 5) is 0. The molecule has 0 atom stereocenters. The molecule has 18 heavy (non-hydrogen) atoms. The van der Waals surface area contributed by atoms with Crippen LogP contribution in [0.2, 0.25) is 0 Å². The van der Waals surface area contributed by atoms with Gasteiger partial charge in [-0.3, -0.25) is 0 Å². The van der Waals surface area contributed by atoms with E-state index in [4.69, 9.17) is 5.73 Å². The van der Waals surface area contributed by atoms with Crippen molar-refractivity contribution >= 4 is 10.9 Å². The van der Waals surface area contributed by atoms with Gasteiger partial charge in [0.15, 0.2) is 0 Å². The van der Waals surface area contributed by atoms with E-state index in [9.17, 15) is 4.39 Å². The van der Waals surface area contributed by atoms with E-state index in [1.54, 1.807) is 6.07 Å². The Morgan fingerprint density at radius 2 is 1.94 bits per heavy atom. The first-order chi connectivity index (χ1) is 8.51. The molecule has 3 heteroatoms. The lowest BCUT2D eigenvalue weighted by Gasteiger charge is -2.24. The van der Waals surface area contributed by atoms with Gasteiger partial charge in [-0.2, -0.15) is 0 Å². The molecule has 3 rings (SSSR count). The normalized spacial score (nSPS) is 18.7. The molecule has 96 valence electrons. The van der Waals surface area contributed by atoms with Gasteiger partial charge in [-0.1, -0.05) is 12.8 Å². The third-order valence-corrected chi connectivity index (χ3v) is 4.30. The zero-order valence-electron chi connectivity index (χ0n) is 11.0. The van der Waals surface area contributed by atoms with Crippen LogP contribution in [0, 0.1) is 12.7 Å². The summed E-state index contributed by atoms with van der Waals surface area (Å²) in [6.45, 7) is 2.02. The lowest BCUT2D eigenvalue weighted by molar-refractivity contribution is 0.459. The molecule has 2 N–H and O–H groups in total. The molecule has 1 aliphatic rings. The van der Waals surface area contributed by atoms with Crippen LogP contribution in [0.4, 0.5) is 4.39 Å². The number of fused-ring (bicyclic) bond motifs is 1. The number of benzene rings is 1. The molecule has 1 saturated carbocycles. The Bertz CT molecular complexity index is 606.